The fraction of sp³-hybridized carbons (Fsp3) is 0.269. The average molecular weight is 492 g/mol. The summed E-state index contributed by atoms with van der Waals surface area (Å²) < 4.78 is 12.8. The molecule has 0 bridgehead atoms. The first-order valence-electron chi connectivity index (χ1n) is 11.1. The zero-order valence-electron chi connectivity index (χ0n) is 20.1. The van der Waals surface area contributed by atoms with Crippen LogP contribution in [0, 0.1) is 18.8 Å². The molecular formula is C26H29N5O3S. The Morgan fingerprint density at radius 2 is 1.83 bits per heavy atom. The molecule has 0 saturated heterocycles. The summed E-state index contributed by atoms with van der Waals surface area (Å²) in [5.74, 6) is 6.66. The number of hydrazine groups is 1. The Bertz CT molecular complexity index is 1200. The van der Waals surface area contributed by atoms with Gasteiger partial charge in [-0.1, -0.05) is 42.5 Å². The van der Waals surface area contributed by atoms with Gasteiger partial charge in [0.25, 0.3) is 5.91 Å². The molecule has 1 aromatic heterocycles. The van der Waals surface area contributed by atoms with E-state index in [2.05, 4.69) is 33.1 Å². The van der Waals surface area contributed by atoms with Gasteiger partial charge < -0.3 is 14.8 Å². The molecule has 1 amide bonds. The second kappa shape index (κ2) is 13.0. The van der Waals surface area contributed by atoms with Gasteiger partial charge in [0.05, 0.1) is 13.7 Å². The molecule has 1 heterocycles. The molecule has 0 spiro atoms. The maximum absolute atomic E-state index is 13.1. The van der Waals surface area contributed by atoms with Crippen molar-refractivity contribution in [3.8, 4) is 23.3 Å². The van der Waals surface area contributed by atoms with Gasteiger partial charge in [0.2, 0.25) is 0 Å². The highest BCUT2D eigenvalue weighted by Gasteiger charge is 2.23. The number of carbonyl (C=O) groups is 1. The lowest BCUT2D eigenvalue weighted by molar-refractivity contribution is 0.0927. The summed E-state index contributed by atoms with van der Waals surface area (Å²) >= 11 is 5.31. The second-order valence-electron chi connectivity index (χ2n) is 7.55. The molecule has 0 aliphatic heterocycles. The monoisotopic (exact) mass is 491 g/mol. The molecule has 2 aromatic carbocycles. The van der Waals surface area contributed by atoms with Crippen LogP contribution in [-0.4, -0.2) is 27.9 Å². The van der Waals surface area contributed by atoms with E-state index in [1.54, 1.807) is 18.7 Å². The highest BCUT2D eigenvalue weighted by molar-refractivity contribution is 7.80. The van der Waals surface area contributed by atoms with Crippen LogP contribution in [0.1, 0.15) is 40.7 Å². The Labute approximate surface area is 211 Å². The molecule has 3 rings (SSSR count). The van der Waals surface area contributed by atoms with Crippen molar-refractivity contribution in [1.29, 1.82) is 0 Å². The first-order chi connectivity index (χ1) is 17.0. The van der Waals surface area contributed by atoms with Crippen molar-refractivity contribution in [2.24, 2.45) is 0 Å². The van der Waals surface area contributed by atoms with Crippen molar-refractivity contribution in [3.05, 3.63) is 77.1 Å². The summed E-state index contributed by atoms with van der Waals surface area (Å²) in [6, 6.07) is 17.4. The minimum Gasteiger partial charge on any atom is -0.497 e. The Balaban J connectivity index is 1.65. The Kier molecular flexibility index (Phi) is 9.51. The molecule has 0 aliphatic carbocycles. The van der Waals surface area contributed by atoms with E-state index in [4.69, 9.17) is 21.7 Å². The van der Waals surface area contributed by atoms with Crippen LogP contribution in [0.3, 0.4) is 0 Å². The highest BCUT2D eigenvalue weighted by atomic mass is 32.1. The Morgan fingerprint density at radius 3 is 2.51 bits per heavy atom. The largest absolute Gasteiger partial charge is 0.497 e. The third-order valence-electron chi connectivity index (χ3n) is 5.04. The summed E-state index contributed by atoms with van der Waals surface area (Å²) in [7, 11) is 1.62. The number of benzene rings is 2. The van der Waals surface area contributed by atoms with Gasteiger partial charge in [0.15, 0.2) is 16.6 Å². The predicted octanol–water partition coefficient (Wildman–Crippen LogP) is 3.50. The molecule has 3 aromatic rings. The first kappa shape index (κ1) is 25.6. The maximum atomic E-state index is 13.1. The molecule has 0 radical (unpaired) electrons. The minimum atomic E-state index is -0.410. The van der Waals surface area contributed by atoms with E-state index in [-0.39, 0.29) is 5.11 Å². The average Bonchev–Trinajstić information content (AvgIpc) is 3.20. The van der Waals surface area contributed by atoms with Gasteiger partial charge in [-0.3, -0.25) is 20.3 Å². The van der Waals surface area contributed by atoms with Gasteiger partial charge in [-0.15, -0.1) is 11.8 Å². The topological polar surface area (TPSA) is 89.4 Å². The fourth-order valence-electron chi connectivity index (χ4n) is 3.28. The van der Waals surface area contributed by atoms with Gasteiger partial charge in [-0.05, 0) is 49.3 Å². The number of aryl methyl sites for hydroxylation is 2. The summed E-state index contributed by atoms with van der Waals surface area (Å²) in [5.41, 5.74) is 8.33. The van der Waals surface area contributed by atoms with Crippen LogP contribution in [0.4, 0.5) is 0 Å². The third-order valence-corrected chi connectivity index (χ3v) is 5.29. The van der Waals surface area contributed by atoms with Crippen LogP contribution in [-0.2, 0) is 19.7 Å². The van der Waals surface area contributed by atoms with Gasteiger partial charge in [-0.2, -0.15) is 5.10 Å². The lowest BCUT2D eigenvalue weighted by atomic mass is 10.2. The standard InChI is InChI=1S/C26H29N5O3S/c1-4-5-9-16-31-23(24(19(2)30-31)34-18-21-10-7-6-8-11-21)25(32)28-29-26(35)27-17-20-12-14-22(33-3)15-13-20/h6-8,10-15H,9,16-18H2,1-3H3,(H,28,32)(H2,27,29,35). The zero-order valence-corrected chi connectivity index (χ0v) is 20.9. The molecule has 9 heteroatoms. The van der Waals surface area contributed by atoms with Crippen molar-refractivity contribution in [1.82, 2.24) is 25.9 Å². The number of thiocarbonyl (C=S) groups is 1. The molecule has 0 atom stereocenters. The molecule has 0 fully saturated rings. The van der Waals surface area contributed by atoms with E-state index in [1.165, 1.54) is 0 Å². The number of carbonyl (C=O) groups excluding carboxylic acids is 1. The van der Waals surface area contributed by atoms with E-state index >= 15 is 0 Å². The van der Waals surface area contributed by atoms with Crippen molar-refractivity contribution in [2.45, 2.75) is 40.0 Å². The van der Waals surface area contributed by atoms with E-state index in [0.717, 1.165) is 16.9 Å². The Morgan fingerprint density at radius 1 is 1.09 bits per heavy atom. The number of rotatable bonds is 9. The van der Waals surface area contributed by atoms with E-state index in [1.807, 2.05) is 61.5 Å². The van der Waals surface area contributed by atoms with Gasteiger partial charge in [-0.25, -0.2) is 0 Å². The van der Waals surface area contributed by atoms with Gasteiger partial charge in [0.1, 0.15) is 18.1 Å². The van der Waals surface area contributed by atoms with Crippen LogP contribution < -0.4 is 25.6 Å². The number of nitrogens with zero attached hydrogens (tertiary/aromatic N) is 2. The highest BCUT2D eigenvalue weighted by Crippen LogP contribution is 2.25. The SMILES string of the molecule is CC#CCCn1nc(C)c(OCc2ccccc2)c1C(=O)NNC(=S)NCc1ccc(OC)cc1. The van der Waals surface area contributed by atoms with Gasteiger partial charge in [0, 0.05) is 13.0 Å². The molecule has 0 unspecified atom stereocenters. The van der Waals surface area contributed by atoms with Crippen LogP contribution in [0.2, 0.25) is 0 Å². The zero-order chi connectivity index (χ0) is 25.0. The van der Waals surface area contributed by atoms with Crippen LogP contribution in [0.5, 0.6) is 11.5 Å². The summed E-state index contributed by atoms with van der Waals surface area (Å²) in [4.78, 5) is 13.1. The van der Waals surface area contributed by atoms with Crippen molar-refractivity contribution in [2.75, 3.05) is 7.11 Å². The van der Waals surface area contributed by atoms with Gasteiger partial charge >= 0.3 is 0 Å². The first-order valence-corrected chi connectivity index (χ1v) is 11.5. The molecule has 3 N–H and O–H groups in total. The molecule has 8 nitrogen and oxygen atoms in total. The second-order valence-corrected chi connectivity index (χ2v) is 7.96. The molecular weight excluding hydrogens is 462 g/mol. The maximum Gasteiger partial charge on any atom is 0.291 e. The lowest BCUT2D eigenvalue weighted by Crippen LogP contribution is -2.47. The van der Waals surface area contributed by atoms with Crippen molar-refractivity contribution in [3.63, 3.8) is 0 Å². The quantitative estimate of drug-likeness (QED) is 0.240. The van der Waals surface area contributed by atoms with Crippen molar-refractivity contribution >= 4 is 23.2 Å². The van der Waals surface area contributed by atoms with Crippen LogP contribution >= 0.6 is 12.2 Å². The molecule has 0 aliphatic rings. The summed E-state index contributed by atoms with van der Waals surface area (Å²) in [6.07, 6.45) is 0.561. The molecule has 182 valence electrons. The van der Waals surface area contributed by atoms with E-state index in [0.29, 0.717) is 43.3 Å². The number of amides is 1. The number of hydrogen-bond acceptors (Lipinski definition) is 5. The number of methoxy groups -OCH3 is 1. The fourth-order valence-corrected chi connectivity index (χ4v) is 3.40. The number of ether oxygens (including phenoxy) is 2. The van der Waals surface area contributed by atoms with Crippen LogP contribution in [0.25, 0.3) is 0 Å². The number of nitrogens with one attached hydrogen (secondary N) is 3. The summed E-state index contributed by atoms with van der Waals surface area (Å²) in [6.45, 7) is 4.86. The Hall–Kier alpha value is -4.03. The lowest BCUT2D eigenvalue weighted by Gasteiger charge is -2.14. The normalized spacial score (nSPS) is 10.0. The number of hydrogen-bond donors (Lipinski definition) is 3. The summed E-state index contributed by atoms with van der Waals surface area (Å²) in [5, 5.41) is 7.85. The third kappa shape index (κ3) is 7.48. The van der Waals surface area contributed by atoms with E-state index < -0.39 is 5.91 Å². The van der Waals surface area contributed by atoms with Crippen molar-refractivity contribution < 1.29 is 14.3 Å². The van der Waals surface area contributed by atoms with E-state index in [9.17, 15) is 4.79 Å². The predicted molar refractivity (Wildman–Crippen MR) is 139 cm³/mol. The molecule has 35 heavy (non-hydrogen) atoms. The molecule has 0 saturated carbocycles. The smallest absolute Gasteiger partial charge is 0.291 e. The number of aromatic nitrogens is 2. The van der Waals surface area contributed by atoms with Crippen LogP contribution in [0.15, 0.2) is 54.6 Å². The minimum absolute atomic E-state index is 0.278.